The van der Waals surface area contributed by atoms with Crippen molar-refractivity contribution in [3.05, 3.63) is 29.5 Å². The number of nitrogens with zero attached hydrogens (tertiary/aromatic N) is 5. The van der Waals surface area contributed by atoms with Crippen molar-refractivity contribution in [2.75, 3.05) is 36.9 Å². The summed E-state index contributed by atoms with van der Waals surface area (Å²) in [5, 5.41) is 3.10. The number of carbonyl (C=O) groups is 1. The highest BCUT2D eigenvalue weighted by Gasteiger charge is 2.48. The number of H-pyrrole nitrogens is 1. The second-order valence-corrected chi connectivity index (χ2v) is 7.34. The van der Waals surface area contributed by atoms with Crippen LogP contribution in [-0.4, -0.2) is 57.4 Å². The summed E-state index contributed by atoms with van der Waals surface area (Å²) in [5.41, 5.74) is 2.86. The van der Waals surface area contributed by atoms with E-state index in [1.54, 1.807) is 6.33 Å². The third-order valence-electron chi connectivity index (χ3n) is 5.84. The van der Waals surface area contributed by atoms with Gasteiger partial charge in [-0.3, -0.25) is 4.79 Å². The molecule has 8 nitrogen and oxygen atoms in total. The minimum Gasteiger partial charge on any atom is -0.373 e. The van der Waals surface area contributed by atoms with Crippen molar-refractivity contribution in [2.45, 2.75) is 45.1 Å². The highest BCUT2D eigenvalue weighted by molar-refractivity contribution is 5.77. The van der Waals surface area contributed by atoms with Gasteiger partial charge in [-0.1, -0.05) is 6.92 Å². The predicted octanol–water partition coefficient (Wildman–Crippen LogP) is 1.84. The van der Waals surface area contributed by atoms with E-state index in [0.717, 1.165) is 62.1 Å². The van der Waals surface area contributed by atoms with Gasteiger partial charge in [0.25, 0.3) is 0 Å². The number of anilines is 2. The van der Waals surface area contributed by atoms with Crippen molar-refractivity contribution in [1.29, 1.82) is 0 Å². The first-order valence-electron chi connectivity index (χ1n) is 9.69. The molecule has 2 aliphatic heterocycles. The van der Waals surface area contributed by atoms with E-state index < -0.39 is 0 Å². The number of aromatic amines is 1. The third kappa shape index (κ3) is 2.93. The number of aryl methyl sites for hydroxylation is 1. The number of hydrogen-bond donors (Lipinski definition) is 2. The van der Waals surface area contributed by atoms with Gasteiger partial charge in [-0.15, -0.1) is 0 Å². The summed E-state index contributed by atoms with van der Waals surface area (Å²) in [6.45, 7) is 6.27. The van der Waals surface area contributed by atoms with Crippen LogP contribution in [0.2, 0.25) is 0 Å². The molecular formula is C19H27N7O. The monoisotopic (exact) mass is 369 g/mol. The highest BCUT2D eigenvalue weighted by Crippen LogP contribution is 2.43. The lowest BCUT2D eigenvalue weighted by Crippen LogP contribution is -2.58. The number of nitrogens with one attached hydrogen (secondary N) is 2. The first kappa shape index (κ1) is 17.8. The van der Waals surface area contributed by atoms with Gasteiger partial charge in [0.15, 0.2) is 0 Å². The minimum atomic E-state index is -0.313. The Kier molecular flexibility index (Phi) is 4.49. The Morgan fingerprint density at radius 3 is 2.78 bits per heavy atom. The van der Waals surface area contributed by atoms with Crippen LogP contribution in [-0.2, 0) is 16.8 Å². The molecule has 2 N–H and O–H groups in total. The Bertz CT molecular complexity index is 838. The Hall–Kier alpha value is -2.64. The summed E-state index contributed by atoms with van der Waals surface area (Å²) in [6.07, 6.45) is 4.81. The molecule has 0 atom stereocenters. The van der Waals surface area contributed by atoms with Crippen LogP contribution in [0.1, 0.15) is 43.3 Å². The quantitative estimate of drug-likeness (QED) is 0.858. The van der Waals surface area contributed by atoms with Crippen LogP contribution in [0.3, 0.4) is 0 Å². The predicted molar refractivity (Wildman–Crippen MR) is 104 cm³/mol. The maximum absolute atomic E-state index is 12.7. The molecule has 1 fully saturated rings. The summed E-state index contributed by atoms with van der Waals surface area (Å²) in [4.78, 5) is 34.1. The summed E-state index contributed by atoms with van der Waals surface area (Å²) in [7, 11) is 1.87. The topological polar surface area (TPSA) is 90.0 Å². The summed E-state index contributed by atoms with van der Waals surface area (Å²) >= 11 is 0. The summed E-state index contributed by atoms with van der Waals surface area (Å²) in [6, 6.07) is 1.94. The molecule has 2 aromatic heterocycles. The molecule has 4 heterocycles. The van der Waals surface area contributed by atoms with Crippen LogP contribution < -0.4 is 10.2 Å². The van der Waals surface area contributed by atoms with E-state index in [9.17, 15) is 4.79 Å². The molecule has 0 unspecified atom stereocenters. The Labute approximate surface area is 159 Å². The smallest absolute Gasteiger partial charge is 0.227 e. The first-order chi connectivity index (χ1) is 13.1. The molecule has 2 aliphatic rings. The van der Waals surface area contributed by atoms with E-state index in [0.29, 0.717) is 6.42 Å². The van der Waals surface area contributed by atoms with Crippen LogP contribution in [0.4, 0.5) is 11.8 Å². The average Bonchev–Trinajstić information content (AvgIpc) is 3.18. The molecule has 0 aliphatic carbocycles. The van der Waals surface area contributed by atoms with Crippen molar-refractivity contribution < 1.29 is 4.79 Å². The molecule has 4 rings (SSSR count). The van der Waals surface area contributed by atoms with E-state index in [1.807, 2.05) is 27.0 Å². The molecule has 0 aromatic carbocycles. The number of amides is 1. The summed E-state index contributed by atoms with van der Waals surface area (Å²) in [5.74, 6) is 1.79. The largest absolute Gasteiger partial charge is 0.373 e. The highest BCUT2D eigenvalue weighted by atomic mass is 16.2. The SMILES string of the molecule is CCC(=O)N1CCc2[nH]cnc2C12CCN(c1nc(C)cc(NC)n1)CC2. The van der Waals surface area contributed by atoms with Crippen molar-refractivity contribution in [2.24, 2.45) is 0 Å². The zero-order valence-electron chi connectivity index (χ0n) is 16.2. The number of aromatic nitrogens is 4. The van der Waals surface area contributed by atoms with Crippen LogP contribution in [0.5, 0.6) is 0 Å². The summed E-state index contributed by atoms with van der Waals surface area (Å²) < 4.78 is 0. The number of imidazole rings is 1. The fraction of sp³-hybridized carbons (Fsp3) is 0.579. The van der Waals surface area contributed by atoms with Gasteiger partial charge in [-0.2, -0.15) is 4.98 Å². The van der Waals surface area contributed by atoms with Crippen molar-refractivity contribution in [3.63, 3.8) is 0 Å². The molecule has 1 saturated heterocycles. The van der Waals surface area contributed by atoms with Crippen LogP contribution in [0.15, 0.2) is 12.4 Å². The van der Waals surface area contributed by atoms with E-state index in [-0.39, 0.29) is 11.4 Å². The van der Waals surface area contributed by atoms with Crippen LogP contribution in [0.25, 0.3) is 0 Å². The minimum absolute atomic E-state index is 0.210. The lowest BCUT2D eigenvalue weighted by atomic mass is 9.78. The zero-order chi connectivity index (χ0) is 19.0. The fourth-order valence-electron chi connectivity index (χ4n) is 4.44. The van der Waals surface area contributed by atoms with E-state index in [1.165, 1.54) is 5.69 Å². The van der Waals surface area contributed by atoms with Crippen LogP contribution in [0, 0.1) is 6.92 Å². The Balaban J connectivity index is 1.63. The Morgan fingerprint density at radius 1 is 1.30 bits per heavy atom. The molecule has 1 amide bonds. The third-order valence-corrected chi connectivity index (χ3v) is 5.84. The number of piperidine rings is 1. The Morgan fingerprint density at radius 2 is 2.07 bits per heavy atom. The lowest BCUT2D eigenvalue weighted by Gasteiger charge is -2.50. The molecular weight excluding hydrogens is 342 g/mol. The number of fused-ring (bicyclic) bond motifs is 2. The van der Waals surface area contributed by atoms with Crippen molar-refractivity contribution in [1.82, 2.24) is 24.8 Å². The van der Waals surface area contributed by atoms with Crippen LogP contribution >= 0.6 is 0 Å². The molecule has 0 radical (unpaired) electrons. The van der Waals surface area contributed by atoms with E-state index in [2.05, 4.69) is 35.1 Å². The molecule has 27 heavy (non-hydrogen) atoms. The normalized spacial score (nSPS) is 18.5. The lowest BCUT2D eigenvalue weighted by molar-refractivity contribution is -0.140. The van der Waals surface area contributed by atoms with Gasteiger partial charge < -0.3 is 20.1 Å². The average molecular weight is 369 g/mol. The van der Waals surface area contributed by atoms with Gasteiger partial charge in [0.2, 0.25) is 11.9 Å². The maximum atomic E-state index is 12.7. The van der Waals surface area contributed by atoms with Gasteiger partial charge in [0.05, 0.1) is 17.6 Å². The second kappa shape index (κ2) is 6.83. The first-order valence-corrected chi connectivity index (χ1v) is 9.69. The molecule has 0 saturated carbocycles. The van der Waals surface area contributed by atoms with Gasteiger partial charge in [-0.05, 0) is 19.8 Å². The van der Waals surface area contributed by atoms with Crippen molar-refractivity contribution >= 4 is 17.7 Å². The fourth-order valence-corrected chi connectivity index (χ4v) is 4.44. The zero-order valence-corrected chi connectivity index (χ0v) is 16.2. The van der Waals surface area contributed by atoms with Gasteiger partial charge in [0.1, 0.15) is 5.82 Å². The number of rotatable bonds is 3. The molecule has 2 aromatic rings. The standard InChI is InChI=1S/C19H27N7O/c1-4-16(27)26-8-5-14-17(22-12-21-14)19(26)6-9-25(10-7-19)18-23-13(2)11-15(20-3)24-18/h11-12H,4-10H2,1-3H3,(H,21,22)(H,20,23,24). The molecule has 0 bridgehead atoms. The number of carbonyl (C=O) groups excluding carboxylic acids is 1. The molecule has 144 valence electrons. The molecule has 1 spiro atoms. The van der Waals surface area contributed by atoms with E-state index >= 15 is 0 Å². The van der Waals surface area contributed by atoms with Crippen molar-refractivity contribution in [3.8, 4) is 0 Å². The van der Waals surface area contributed by atoms with E-state index in [4.69, 9.17) is 0 Å². The number of hydrogen-bond acceptors (Lipinski definition) is 6. The molecule has 8 heteroatoms. The second-order valence-electron chi connectivity index (χ2n) is 7.34. The van der Waals surface area contributed by atoms with Gasteiger partial charge in [0, 0.05) is 57.0 Å². The van der Waals surface area contributed by atoms with Gasteiger partial charge >= 0.3 is 0 Å². The van der Waals surface area contributed by atoms with Gasteiger partial charge in [-0.25, -0.2) is 9.97 Å². The maximum Gasteiger partial charge on any atom is 0.227 e.